The lowest BCUT2D eigenvalue weighted by Crippen LogP contribution is -2.47. The average molecular weight is 422 g/mol. The summed E-state index contributed by atoms with van der Waals surface area (Å²) in [7, 11) is 1.64. The van der Waals surface area contributed by atoms with Gasteiger partial charge in [-0.15, -0.1) is 0 Å². The minimum absolute atomic E-state index is 0.287. The highest BCUT2D eigenvalue weighted by atomic mass is 16.5. The number of fused-ring (bicyclic) bond motifs is 1. The Morgan fingerprint density at radius 1 is 1.16 bits per heavy atom. The zero-order chi connectivity index (χ0) is 21.4. The molecule has 2 aliphatic rings. The van der Waals surface area contributed by atoms with Gasteiger partial charge in [0.1, 0.15) is 23.9 Å². The number of aromatic nitrogens is 5. The maximum Gasteiger partial charge on any atom is 0.230 e. The Kier molecular flexibility index (Phi) is 5.09. The van der Waals surface area contributed by atoms with Crippen LogP contribution in [0.5, 0.6) is 11.5 Å². The second-order valence-electron chi connectivity index (χ2n) is 8.18. The maximum absolute atomic E-state index is 5.90. The molecule has 0 bridgehead atoms. The van der Waals surface area contributed by atoms with Gasteiger partial charge in [0.25, 0.3) is 0 Å². The molecule has 31 heavy (non-hydrogen) atoms. The van der Waals surface area contributed by atoms with Gasteiger partial charge in [-0.25, -0.2) is 15.0 Å². The lowest BCUT2D eigenvalue weighted by Gasteiger charge is -2.39. The van der Waals surface area contributed by atoms with E-state index in [9.17, 15) is 0 Å². The van der Waals surface area contributed by atoms with Crippen LogP contribution in [0.25, 0.3) is 5.69 Å². The molecule has 1 fully saturated rings. The molecule has 1 N–H and O–H groups in total. The molecule has 0 amide bonds. The lowest BCUT2D eigenvalue weighted by molar-refractivity contribution is 0.257. The fraction of sp³-hybridized carbons (Fsp3) is 0.455. The molecule has 0 saturated heterocycles. The van der Waals surface area contributed by atoms with Crippen molar-refractivity contribution in [1.29, 1.82) is 0 Å². The smallest absolute Gasteiger partial charge is 0.230 e. The Morgan fingerprint density at radius 2 is 2.00 bits per heavy atom. The number of hydrogen-bond donors (Lipinski definition) is 1. The van der Waals surface area contributed by atoms with Crippen LogP contribution in [0, 0.1) is 6.92 Å². The minimum atomic E-state index is 0.287. The number of ether oxygens (including phenoxy) is 2. The first kappa shape index (κ1) is 19.6. The SMILES string of the molecule is COc1cc(Nc2ncc3c(n2)N(C2CCCC2)C(C)CO3)ncc1-n1cnc(C)c1. The molecule has 9 nitrogen and oxygen atoms in total. The van der Waals surface area contributed by atoms with Crippen molar-refractivity contribution in [3.8, 4) is 17.2 Å². The van der Waals surface area contributed by atoms with E-state index in [-0.39, 0.29) is 6.04 Å². The third-order valence-corrected chi connectivity index (χ3v) is 5.95. The maximum atomic E-state index is 5.90. The zero-order valence-corrected chi connectivity index (χ0v) is 18.1. The van der Waals surface area contributed by atoms with Gasteiger partial charge in [-0.1, -0.05) is 12.8 Å². The highest BCUT2D eigenvalue weighted by Crippen LogP contribution is 2.38. The normalized spacial score (nSPS) is 18.5. The third-order valence-electron chi connectivity index (χ3n) is 5.95. The summed E-state index contributed by atoms with van der Waals surface area (Å²) in [5.74, 6) is 3.37. The molecule has 1 atom stereocenters. The number of methoxy groups -OCH3 is 1. The summed E-state index contributed by atoms with van der Waals surface area (Å²) in [5, 5.41) is 3.22. The number of imidazole rings is 1. The Balaban J connectivity index is 1.43. The predicted molar refractivity (Wildman–Crippen MR) is 118 cm³/mol. The van der Waals surface area contributed by atoms with Crippen molar-refractivity contribution in [2.45, 2.75) is 51.6 Å². The summed E-state index contributed by atoms with van der Waals surface area (Å²) in [6.45, 7) is 4.80. The topological polar surface area (TPSA) is 90.2 Å². The van der Waals surface area contributed by atoms with E-state index in [0.29, 0.717) is 30.2 Å². The number of nitrogens with one attached hydrogen (secondary N) is 1. The minimum Gasteiger partial charge on any atom is -0.494 e. The van der Waals surface area contributed by atoms with Gasteiger partial charge in [0.15, 0.2) is 11.6 Å². The van der Waals surface area contributed by atoms with Gasteiger partial charge in [0.05, 0.1) is 37.6 Å². The summed E-state index contributed by atoms with van der Waals surface area (Å²) in [5.41, 5.74) is 1.74. The summed E-state index contributed by atoms with van der Waals surface area (Å²) in [6.07, 6.45) is 12.1. The largest absolute Gasteiger partial charge is 0.494 e. The van der Waals surface area contributed by atoms with Crippen LogP contribution < -0.4 is 19.7 Å². The fourth-order valence-electron chi connectivity index (χ4n) is 4.45. The van der Waals surface area contributed by atoms with Crippen LogP contribution in [0.15, 0.2) is 31.0 Å². The quantitative estimate of drug-likeness (QED) is 0.668. The third kappa shape index (κ3) is 3.75. The average Bonchev–Trinajstić information content (AvgIpc) is 3.45. The van der Waals surface area contributed by atoms with Gasteiger partial charge < -0.3 is 24.3 Å². The second kappa shape index (κ2) is 8.05. The van der Waals surface area contributed by atoms with E-state index in [2.05, 4.69) is 32.1 Å². The van der Waals surface area contributed by atoms with E-state index < -0.39 is 0 Å². The fourth-order valence-corrected chi connectivity index (χ4v) is 4.45. The Morgan fingerprint density at radius 3 is 2.74 bits per heavy atom. The van der Waals surface area contributed by atoms with Crippen LogP contribution in [0.1, 0.15) is 38.3 Å². The molecular weight excluding hydrogens is 394 g/mol. The molecule has 162 valence electrons. The lowest BCUT2D eigenvalue weighted by atomic mass is 10.1. The van der Waals surface area contributed by atoms with Crippen molar-refractivity contribution in [2.75, 3.05) is 23.9 Å². The first-order valence-corrected chi connectivity index (χ1v) is 10.7. The first-order chi connectivity index (χ1) is 15.1. The number of hydrogen-bond acceptors (Lipinski definition) is 8. The van der Waals surface area contributed by atoms with E-state index in [1.165, 1.54) is 25.7 Å². The van der Waals surface area contributed by atoms with Crippen molar-refractivity contribution >= 4 is 17.6 Å². The van der Waals surface area contributed by atoms with Gasteiger partial charge >= 0.3 is 0 Å². The van der Waals surface area contributed by atoms with Crippen LogP contribution in [0.4, 0.5) is 17.6 Å². The summed E-state index contributed by atoms with van der Waals surface area (Å²) in [4.78, 5) is 20.5. The van der Waals surface area contributed by atoms with Gasteiger partial charge in [0, 0.05) is 18.3 Å². The van der Waals surface area contributed by atoms with Crippen molar-refractivity contribution in [3.63, 3.8) is 0 Å². The van der Waals surface area contributed by atoms with Crippen molar-refractivity contribution in [3.05, 3.63) is 36.7 Å². The molecule has 3 aromatic rings. The van der Waals surface area contributed by atoms with E-state index in [0.717, 1.165) is 22.9 Å². The van der Waals surface area contributed by atoms with Crippen LogP contribution in [-0.4, -0.2) is 50.3 Å². The number of anilines is 3. The summed E-state index contributed by atoms with van der Waals surface area (Å²) >= 11 is 0. The van der Waals surface area contributed by atoms with Crippen LogP contribution in [-0.2, 0) is 0 Å². The van der Waals surface area contributed by atoms with Crippen LogP contribution in [0.3, 0.4) is 0 Å². The Labute approximate surface area is 181 Å². The number of aryl methyl sites for hydroxylation is 1. The van der Waals surface area contributed by atoms with Gasteiger partial charge in [0.2, 0.25) is 5.95 Å². The second-order valence-corrected chi connectivity index (χ2v) is 8.18. The molecule has 1 aliphatic carbocycles. The molecule has 1 saturated carbocycles. The molecule has 1 aliphatic heterocycles. The van der Waals surface area contributed by atoms with Crippen LogP contribution in [0.2, 0.25) is 0 Å². The molecule has 3 aromatic heterocycles. The molecule has 0 radical (unpaired) electrons. The van der Waals surface area contributed by atoms with Crippen molar-refractivity contribution in [2.24, 2.45) is 0 Å². The molecular formula is C22H27N7O2. The van der Waals surface area contributed by atoms with E-state index in [4.69, 9.17) is 14.5 Å². The van der Waals surface area contributed by atoms with Crippen molar-refractivity contribution < 1.29 is 9.47 Å². The zero-order valence-electron chi connectivity index (χ0n) is 18.1. The predicted octanol–water partition coefficient (Wildman–Crippen LogP) is 3.65. The highest BCUT2D eigenvalue weighted by molar-refractivity contribution is 5.61. The van der Waals surface area contributed by atoms with E-state index >= 15 is 0 Å². The molecule has 1 unspecified atom stereocenters. The van der Waals surface area contributed by atoms with E-state index in [1.54, 1.807) is 25.8 Å². The Hall–Kier alpha value is -3.36. The van der Waals surface area contributed by atoms with Crippen LogP contribution >= 0.6 is 0 Å². The van der Waals surface area contributed by atoms with Crippen molar-refractivity contribution in [1.82, 2.24) is 24.5 Å². The van der Waals surface area contributed by atoms with Gasteiger partial charge in [-0.2, -0.15) is 4.98 Å². The molecule has 5 rings (SSSR count). The van der Waals surface area contributed by atoms with E-state index in [1.807, 2.05) is 23.8 Å². The molecule has 9 heteroatoms. The highest BCUT2D eigenvalue weighted by Gasteiger charge is 2.33. The van der Waals surface area contributed by atoms with Gasteiger partial charge in [-0.05, 0) is 26.7 Å². The molecule has 4 heterocycles. The molecule has 0 spiro atoms. The monoisotopic (exact) mass is 421 g/mol. The number of rotatable bonds is 5. The van der Waals surface area contributed by atoms with Gasteiger partial charge in [-0.3, -0.25) is 0 Å². The standard InChI is InChI=1S/C22H27N7O2/c1-14-11-28(13-25-14)17-9-23-20(8-18(17)30-3)26-22-24-10-19-21(27-22)29(15(2)12-31-19)16-6-4-5-7-16/h8-11,13,15-16H,4-7,12H2,1-3H3,(H,23,24,26,27). The molecule has 0 aromatic carbocycles. The summed E-state index contributed by atoms with van der Waals surface area (Å²) in [6, 6.07) is 2.63. The Bertz CT molecular complexity index is 1080. The summed E-state index contributed by atoms with van der Waals surface area (Å²) < 4.78 is 13.4. The number of pyridine rings is 1. The number of nitrogens with zero attached hydrogens (tertiary/aromatic N) is 6. The first-order valence-electron chi connectivity index (χ1n) is 10.7.